The molecule has 1 fully saturated rings. The maximum absolute atomic E-state index is 6.34. The molecule has 1 aromatic rings. The van der Waals surface area contributed by atoms with Crippen LogP contribution >= 0.6 is 11.6 Å². The van der Waals surface area contributed by atoms with E-state index in [9.17, 15) is 0 Å². The molecule has 0 amide bonds. The minimum atomic E-state index is -0.0365. The first kappa shape index (κ1) is 17.2. The zero-order valence-corrected chi connectivity index (χ0v) is 14.2. The summed E-state index contributed by atoms with van der Waals surface area (Å²) in [5.74, 6) is 7.73. The van der Waals surface area contributed by atoms with E-state index >= 15 is 0 Å². The fourth-order valence-corrected chi connectivity index (χ4v) is 3.03. The summed E-state index contributed by atoms with van der Waals surface area (Å²) >= 11 is 5.77. The monoisotopic (exact) mass is 320 g/mol. The van der Waals surface area contributed by atoms with Gasteiger partial charge >= 0.3 is 0 Å². The molecule has 1 unspecified atom stereocenters. The molecule has 5 heteroatoms. The molecule has 1 aromatic heterocycles. The van der Waals surface area contributed by atoms with E-state index < -0.39 is 0 Å². The third-order valence-corrected chi connectivity index (χ3v) is 4.51. The van der Waals surface area contributed by atoms with Crippen LogP contribution < -0.4 is 5.73 Å². The van der Waals surface area contributed by atoms with E-state index in [1.165, 1.54) is 12.8 Å². The third-order valence-electron chi connectivity index (χ3n) is 4.30. The number of nitrogens with two attached hydrogens (primary N) is 1. The van der Waals surface area contributed by atoms with E-state index in [-0.39, 0.29) is 6.04 Å². The minimum Gasteiger partial charge on any atom is -0.322 e. The van der Waals surface area contributed by atoms with Gasteiger partial charge in [-0.05, 0) is 63.7 Å². The summed E-state index contributed by atoms with van der Waals surface area (Å²) in [6.07, 6.45) is 5.71. The largest absolute Gasteiger partial charge is 0.322 e. The van der Waals surface area contributed by atoms with Crippen LogP contribution in [0, 0.1) is 23.7 Å². The highest BCUT2D eigenvalue weighted by Gasteiger charge is 2.27. The van der Waals surface area contributed by atoms with Crippen LogP contribution in [0.2, 0.25) is 5.15 Å². The molecule has 1 aliphatic carbocycles. The summed E-state index contributed by atoms with van der Waals surface area (Å²) in [4.78, 5) is 2.09. The molecule has 0 aliphatic heterocycles. The lowest BCUT2D eigenvalue weighted by Crippen LogP contribution is -2.27. The first-order chi connectivity index (χ1) is 10.6. The molecule has 0 bridgehead atoms. The molecule has 1 aliphatic rings. The summed E-state index contributed by atoms with van der Waals surface area (Å²) in [7, 11) is 4.09. The molecule has 1 atom stereocenters. The van der Waals surface area contributed by atoms with E-state index in [0.717, 1.165) is 37.4 Å². The molecule has 1 heterocycles. The molecular weight excluding hydrogens is 296 g/mol. The first-order valence-corrected chi connectivity index (χ1v) is 8.29. The number of rotatable bonds is 4. The predicted octanol–water partition coefficient (Wildman–Crippen LogP) is 2.89. The molecule has 0 saturated heterocycles. The normalized spacial score (nSPS) is 23.0. The van der Waals surface area contributed by atoms with Crippen LogP contribution in [-0.4, -0.2) is 35.7 Å². The molecular formula is C17H25ClN4. The number of hydrogen-bond donors (Lipinski definition) is 1. The van der Waals surface area contributed by atoms with Crippen molar-refractivity contribution in [1.29, 1.82) is 0 Å². The van der Waals surface area contributed by atoms with Crippen LogP contribution in [0.3, 0.4) is 0 Å². The summed E-state index contributed by atoms with van der Waals surface area (Å²) < 4.78 is 0. The van der Waals surface area contributed by atoms with Crippen molar-refractivity contribution in [2.24, 2.45) is 17.6 Å². The van der Waals surface area contributed by atoms with Crippen molar-refractivity contribution < 1.29 is 0 Å². The van der Waals surface area contributed by atoms with Crippen LogP contribution in [0.25, 0.3) is 0 Å². The molecule has 2 N–H and O–H groups in total. The topological polar surface area (TPSA) is 55.0 Å². The Hall–Kier alpha value is -1.15. The highest BCUT2D eigenvalue weighted by molar-refractivity contribution is 6.29. The Morgan fingerprint density at radius 2 is 1.95 bits per heavy atom. The third kappa shape index (κ3) is 5.24. The Labute approximate surface area is 138 Å². The number of aromatic nitrogens is 2. The van der Waals surface area contributed by atoms with Crippen molar-refractivity contribution in [3.8, 4) is 11.8 Å². The molecule has 22 heavy (non-hydrogen) atoms. The summed E-state index contributed by atoms with van der Waals surface area (Å²) in [6.45, 7) is 0.843. The van der Waals surface area contributed by atoms with E-state index in [1.54, 1.807) is 6.07 Å². The van der Waals surface area contributed by atoms with E-state index in [4.69, 9.17) is 17.3 Å². The second-order valence-corrected chi connectivity index (χ2v) is 6.77. The Bertz CT molecular complexity index is 510. The van der Waals surface area contributed by atoms with Crippen LogP contribution in [-0.2, 0) is 0 Å². The summed E-state index contributed by atoms with van der Waals surface area (Å²) in [6, 6.07) is 3.61. The van der Waals surface area contributed by atoms with Crippen molar-refractivity contribution in [3.05, 3.63) is 23.0 Å². The molecule has 4 nitrogen and oxygen atoms in total. The molecule has 0 spiro atoms. The van der Waals surface area contributed by atoms with Gasteiger partial charge < -0.3 is 5.73 Å². The minimum absolute atomic E-state index is 0.0365. The molecule has 1 saturated carbocycles. The highest BCUT2D eigenvalue weighted by Crippen LogP contribution is 2.36. The van der Waals surface area contributed by atoms with Crippen molar-refractivity contribution >= 4 is 11.6 Å². The van der Waals surface area contributed by atoms with E-state index in [2.05, 4.69) is 26.9 Å². The maximum Gasteiger partial charge on any atom is 0.151 e. The average Bonchev–Trinajstić information content (AvgIpc) is 2.52. The van der Waals surface area contributed by atoms with Gasteiger partial charge in [0, 0.05) is 6.42 Å². The Balaban J connectivity index is 1.78. The van der Waals surface area contributed by atoms with Gasteiger partial charge in [0.05, 0.1) is 18.3 Å². The van der Waals surface area contributed by atoms with Crippen LogP contribution in [0.5, 0.6) is 0 Å². The smallest absolute Gasteiger partial charge is 0.151 e. The Morgan fingerprint density at radius 1 is 1.23 bits per heavy atom. The fraction of sp³-hybridized carbons (Fsp3) is 0.647. The molecule has 0 aromatic carbocycles. The molecule has 2 rings (SSSR count). The number of nitrogens with zero attached hydrogens (tertiary/aromatic N) is 3. The van der Waals surface area contributed by atoms with Gasteiger partial charge in [-0.2, -0.15) is 5.10 Å². The number of hydrogen-bond acceptors (Lipinski definition) is 4. The van der Waals surface area contributed by atoms with Gasteiger partial charge in [-0.25, -0.2) is 0 Å². The van der Waals surface area contributed by atoms with Crippen LogP contribution in [0.4, 0.5) is 0 Å². The summed E-state index contributed by atoms with van der Waals surface area (Å²) in [5, 5.41) is 8.42. The zero-order chi connectivity index (χ0) is 15.9. The van der Waals surface area contributed by atoms with Gasteiger partial charge in [-0.3, -0.25) is 4.90 Å². The van der Waals surface area contributed by atoms with Gasteiger partial charge in [0.15, 0.2) is 5.15 Å². The Morgan fingerprint density at radius 3 is 2.55 bits per heavy atom. The predicted molar refractivity (Wildman–Crippen MR) is 90.4 cm³/mol. The van der Waals surface area contributed by atoms with Crippen LogP contribution in [0.15, 0.2) is 12.1 Å². The van der Waals surface area contributed by atoms with Gasteiger partial charge in [0.1, 0.15) is 0 Å². The van der Waals surface area contributed by atoms with Crippen molar-refractivity contribution in [2.75, 3.05) is 20.6 Å². The van der Waals surface area contributed by atoms with Crippen LogP contribution in [0.1, 0.15) is 43.8 Å². The van der Waals surface area contributed by atoms with Gasteiger partial charge in [-0.15, -0.1) is 11.0 Å². The molecule has 120 valence electrons. The molecule has 0 radical (unpaired) electrons. The first-order valence-electron chi connectivity index (χ1n) is 7.91. The van der Waals surface area contributed by atoms with Crippen molar-refractivity contribution in [3.63, 3.8) is 0 Å². The maximum atomic E-state index is 6.34. The Kier molecular flexibility index (Phi) is 6.63. The van der Waals surface area contributed by atoms with E-state index in [1.807, 2.05) is 20.2 Å². The van der Waals surface area contributed by atoms with Gasteiger partial charge in [-0.1, -0.05) is 17.5 Å². The average molecular weight is 321 g/mol. The van der Waals surface area contributed by atoms with E-state index in [0.29, 0.717) is 11.1 Å². The number of halogens is 1. The second-order valence-electron chi connectivity index (χ2n) is 6.38. The lowest BCUT2D eigenvalue weighted by molar-refractivity contribution is 0.244. The highest BCUT2D eigenvalue weighted by atomic mass is 35.5. The zero-order valence-electron chi connectivity index (χ0n) is 13.4. The quantitative estimate of drug-likeness (QED) is 0.867. The lowest BCUT2D eigenvalue weighted by Gasteiger charge is -2.31. The van der Waals surface area contributed by atoms with Crippen molar-refractivity contribution in [1.82, 2.24) is 15.1 Å². The second kappa shape index (κ2) is 8.47. The SMILES string of the molecule is CN(C)CC#CCC1CCC(C(N)c2ccc(Cl)nn2)CC1. The fourth-order valence-electron chi connectivity index (χ4n) is 2.93. The summed E-state index contributed by atoms with van der Waals surface area (Å²) in [5.41, 5.74) is 7.19. The standard InChI is InChI=1S/C17H25ClN4/c1-22(2)12-4-3-5-13-6-8-14(9-7-13)17(19)15-10-11-16(18)21-20-15/h10-11,13-14,17H,5-9,12,19H2,1-2H3. The van der Waals surface area contributed by atoms with Gasteiger partial charge in [0.2, 0.25) is 0 Å². The lowest BCUT2D eigenvalue weighted by atomic mass is 9.77. The van der Waals surface area contributed by atoms with Gasteiger partial charge in [0.25, 0.3) is 0 Å². The van der Waals surface area contributed by atoms with Crippen molar-refractivity contribution in [2.45, 2.75) is 38.1 Å².